The van der Waals surface area contributed by atoms with Crippen molar-refractivity contribution in [1.82, 2.24) is 5.32 Å². The van der Waals surface area contributed by atoms with Crippen LogP contribution < -0.4 is 24.8 Å². The summed E-state index contributed by atoms with van der Waals surface area (Å²) in [6.45, 7) is 13.3. The Labute approximate surface area is 248 Å². The molecule has 0 saturated carbocycles. The molecule has 4 rings (SSSR count). The molecule has 2 amide bonds. The zero-order chi connectivity index (χ0) is 30.7. The third-order valence-electron chi connectivity index (χ3n) is 7.25. The Morgan fingerprint density at radius 2 is 1.48 bits per heavy atom. The maximum atomic E-state index is 13.5. The first-order valence-electron chi connectivity index (χ1n) is 14.3. The summed E-state index contributed by atoms with van der Waals surface area (Å²) >= 11 is 0. The normalized spacial score (nSPS) is 13.7. The average Bonchev–Trinajstić information content (AvgIpc) is 2.94. The van der Waals surface area contributed by atoms with E-state index >= 15 is 0 Å². The van der Waals surface area contributed by atoms with E-state index in [-0.39, 0.29) is 29.1 Å². The summed E-state index contributed by atoms with van der Waals surface area (Å²) in [7, 11) is 1.57. The molecule has 8 heteroatoms. The number of benzene rings is 3. The fourth-order valence-electron chi connectivity index (χ4n) is 4.91. The highest BCUT2D eigenvalue weighted by molar-refractivity contribution is 5.98. The first-order valence-corrected chi connectivity index (χ1v) is 14.3. The van der Waals surface area contributed by atoms with Gasteiger partial charge in [0, 0.05) is 18.2 Å². The first kappa shape index (κ1) is 30.8. The third kappa shape index (κ3) is 7.35. The monoisotopic (exact) mass is 574 g/mol. The minimum atomic E-state index is -0.938. The molecule has 0 fully saturated rings. The molecule has 3 aromatic rings. The van der Waals surface area contributed by atoms with Gasteiger partial charge in [0.15, 0.2) is 11.5 Å². The van der Waals surface area contributed by atoms with E-state index in [0.29, 0.717) is 53.9 Å². The molecule has 42 heavy (non-hydrogen) atoms. The molecule has 0 bridgehead atoms. The van der Waals surface area contributed by atoms with Gasteiger partial charge in [-0.1, -0.05) is 65.8 Å². The van der Waals surface area contributed by atoms with Gasteiger partial charge in [0.05, 0.1) is 7.11 Å². The van der Waals surface area contributed by atoms with Crippen LogP contribution in [0.5, 0.6) is 23.0 Å². The summed E-state index contributed by atoms with van der Waals surface area (Å²) in [4.78, 5) is 26.8. The van der Waals surface area contributed by atoms with Crippen LogP contribution in [0.1, 0.15) is 76.3 Å². The van der Waals surface area contributed by atoms with Gasteiger partial charge in [0.1, 0.15) is 30.8 Å². The SMILES string of the molecule is COc1ccc([C@@H](NC(=O)CCc2cc(C(C)(C)C)c(O)c(C(C)(C)C)c2)C(=O)Nc2ccc3c(c2)OCCO3)cc1. The van der Waals surface area contributed by atoms with Gasteiger partial charge >= 0.3 is 0 Å². The number of rotatable bonds is 8. The lowest BCUT2D eigenvalue weighted by Crippen LogP contribution is -2.37. The Morgan fingerprint density at radius 3 is 2.05 bits per heavy atom. The number of carbonyl (C=O) groups is 2. The number of methoxy groups -OCH3 is 1. The summed E-state index contributed by atoms with van der Waals surface area (Å²) in [5.74, 6) is 1.47. The molecule has 0 saturated heterocycles. The van der Waals surface area contributed by atoms with Crippen molar-refractivity contribution in [2.45, 2.75) is 71.3 Å². The fourth-order valence-corrected chi connectivity index (χ4v) is 4.91. The van der Waals surface area contributed by atoms with Gasteiger partial charge in [-0.3, -0.25) is 9.59 Å². The van der Waals surface area contributed by atoms with Crippen molar-refractivity contribution in [3.8, 4) is 23.0 Å². The van der Waals surface area contributed by atoms with Crippen molar-refractivity contribution in [1.29, 1.82) is 0 Å². The summed E-state index contributed by atoms with van der Waals surface area (Å²) in [6.07, 6.45) is 0.624. The Morgan fingerprint density at radius 1 is 0.881 bits per heavy atom. The van der Waals surface area contributed by atoms with Gasteiger partial charge in [0.2, 0.25) is 5.91 Å². The molecule has 3 aromatic carbocycles. The molecular formula is C34H42N2O6. The zero-order valence-electron chi connectivity index (χ0n) is 25.6. The highest BCUT2D eigenvalue weighted by atomic mass is 16.6. The molecule has 3 N–H and O–H groups in total. The number of hydrogen-bond acceptors (Lipinski definition) is 6. The van der Waals surface area contributed by atoms with E-state index in [9.17, 15) is 14.7 Å². The quantitative estimate of drug-likeness (QED) is 0.296. The molecular weight excluding hydrogens is 532 g/mol. The number of carbonyl (C=O) groups excluding carboxylic acids is 2. The van der Waals surface area contributed by atoms with Gasteiger partial charge in [-0.2, -0.15) is 0 Å². The number of aromatic hydroxyl groups is 1. The van der Waals surface area contributed by atoms with Gasteiger partial charge in [-0.05, 0) is 63.8 Å². The molecule has 0 spiro atoms. The van der Waals surface area contributed by atoms with E-state index in [1.54, 1.807) is 49.6 Å². The van der Waals surface area contributed by atoms with E-state index in [4.69, 9.17) is 14.2 Å². The van der Waals surface area contributed by atoms with Crippen LogP contribution in [0.2, 0.25) is 0 Å². The van der Waals surface area contributed by atoms with Gasteiger partial charge in [-0.25, -0.2) is 0 Å². The predicted octanol–water partition coefficient (Wildman–Crippen LogP) is 6.20. The molecule has 1 aliphatic heterocycles. The maximum absolute atomic E-state index is 13.5. The minimum absolute atomic E-state index is 0.169. The molecule has 8 nitrogen and oxygen atoms in total. The van der Waals surface area contributed by atoms with Gasteiger partial charge < -0.3 is 30.0 Å². The van der Waals surface area contributed by atoms with Crippen LogP contribution in [0.3, 0.4) is 0 Å². The second-order valence-corrected chi connectivity index (χ2v) is 12.7. The van der Waals surface area contributed by atoms with Gasteiger partial charge in [0.25, 0.3) is 5.91 Å². The third-order valence-corrected chi connectivity index (χ3v) is 7.25. The predicted molar refractivity (Wildman–Crippen MR) is 164 cm³/mol. The Kier molecular flexibility index (Phi) is 9.04. The Bertz CT molecular complexity index is 1400. The highest BCUT2D eigenvalue weighted by Gasteiger charge is 2.27. The van der Waals surface area contributed by atoms with Crippen LogP contribution in [0.15, 0.2) is 54.6 Å². The molecule has 1 atom stereocenters. The lowest BCUT2D eigenvalue weighted by molar-refractivity contribution is -0.126. The molecule has 1 aliphatic rings. The molecule has 0 radical (unpaired) electrons. The summed E-state index contributed by atoms with van der Waals surface area (Å²) < 4.78 is 16.5. The molecule has 1 heterocycles. The van der Waals surface area contributed by atoms with Crippen LogP contribution in [-0.4, -0.2) is 37.2 Å². The van der Waals surface area contributed by atoms with E-state index in [0.717, 1.165) is 16.7 Å². The maximum Gasteiger partial charge on any atom is 0.251 e. The Hall–Kier alpha value is -4.20. The van der Waals surface area contributed by atoms with Gasteiger partial charge in [-0.15, -0.1) is 0 Å². The van der Waals surface area contributed by atoms with Crippen LogP contribution in [0, 0.1) is 0 Å². The smallest absolute Gasteiger partial charge is 0.251 e. The van der Waals surface area contributed by atoms with Crippen molar-refractivity contribution >= 4 is 17.5 Å². The summed E-state index contributed by atoms with van der Waals surface area (Å²) in [5, 5.41) is 16.9. The van der Waals surface area contributed by atoms with Crippen molar-refractivity contribution < 1.29 is 28.9 Å². The zero-order valence-corrected chi connectivity index (χ0v) is 25.6. The highest BCUT2D eigenvalue weighted by Crippen LogP contribution is 2.40. The lowest BCUT2D eigenvalue weighted by atomic mass is 9.78. The molecule has 224 valence electrons. The molecule has 0 aliphatic carbocycles. The van der Waals surface area contributed by atoms with Crippen LogP contribution in [-0.2, 0) is 26.8 Å². The van der Waals surface area contributed by atoms with Crippen LogP contribution in [0.25, 0.3) is 0 Å². The second-order valence-electron chi connectivity index (χ2n) is 12.7. The summed E-state index contributed by atoms with van der Waals surface area (Å²) in [6, 6.07) is 15.3. The number of phenols is 1. The number of phenolic OH excluding ortho intramolecular Hbond substituents is 1. The van der Waals surface area contributed by atoms with Crippen molar-refractivity contribution in [2.75, 3.05) is 25.6 Å². The van der Waals surface area contributed by atoms with E-state index in [1.807, 2.05) is 12.1 Å². The van der Waals surface area contributed by atoms with Crippen molar-refractivity contribution in [3.05, 3.63) is 76.9 Å². The van der Waals surface area contributed by atoms with Crippen LogP contribution >= 0.6 is 0 Å². The number of anilines is 1. The fraction of sp³-hybridized carbons (Fsp3) is 0.412. The second kappa shape index (κ2) is 12.3. The number of ether oxygens (including phenoxy) is 3. The van der Waals surface area contributed by atoms with Crippen molar-refractivity contribution in [2.24, 2.45) is 0 Å². The number of amides is 2. The summed E-state index contributed by atoms with van der Waals surface area (Å²) in [5.41, 5.74) is 3.26. The van der Waals surface area contributed by atoms with E-state index in [1.165, 1.54) is 0 Å². The Balaban J connectivity index is 1.54. The topological polar surface area (TPSA) is 106 Å². The minimum Gasteiger partial charge on any atom is -0.507 e. The average molecular weight is 575 g/mol. The van der Waals surface area contributed by atoms with E-state index in [2.05, 4.69) is 52.2 Å². The van der Waals surface area contributed by atoms with E-state index < -0.39 is 6.04 Å². The first-order chi connectivity index (χ1) is 19.8. The number of fused-ring (bicyclic) bond motifs is 1. The standard InChI is InChI=1S/C34H42N2O6/c1-33(2,3)25-18-21(19-26(31(25)38)34(4,5)6)8-15-29(37)36-30(22-9-12-24(40-7)13-10-22)32(39)35-23-11-14-27-28(20-23)42-17-16-41-27/h9-14,18-20,30,38H,8,15-17H2,1-7H3,(H,35,39)(H,36,37)/t30-/m1/s1. The largest absolute Gasteiger partial charge is 0.507 e. The van der Waals surface area contributed by atoms with Crippen LogP contribution in [0.4, 0.5) is 5.69 Å². The molecule has 0 unspecified atom stereocenters. The van der Waals surface area contributed by atoms with Crippen molar-refractivity contribution in [3.63, 3.8) is 0 Å². The number of aryl methyl sites for hydroxylation is 1. The number of nitrogens with one attached hydrogen (secondary N) is 2. The number of hydrogen-bond donors (Lipinski definition) is 3. The molecule has 0 aromatic heterocycles. The lowest BCUT2D eigenvalue weighted by Gasteiger charge is -2.28.